The van der Waals surface area contributed by atoms with Crippen molar-refractivity contribution in [2.75, 3.05) is 25.0 Å². The highest BCUT2D eigenvalue weighted by Gasteiger charge is 2.25. The predicted octanol–water partition coefficient (Wildman–Crippen LogP) is 2.57. The van der Waals surface area contributed by atoms with E-state index in [2.05, 4.69) is 28.4 Å². The van der Waals surface area contributed by atoms with Crippen LogP contribution in [0.3, 0.4) is 0 Å². The van der Waals surface area contributed by atoms with E-state index < -0.39 is 0 Å². The summed E-state index contributed by atoms with van der Waals surface area (Å²) in [5.41, 5.74) is 4.46. The van der Waals surface area contributed by atoms with Crippen LogP contribution in [0.15, 0.2) is 18.2 Å². The molecule has 2 nitrogen and oxygen atoms in total. The second-order valence-corrected chi connectivity index (χ2v) is 5.49. The summed E-state index contributed by atoms with van der Waals surface area (Å²) in [6.45, 7) is 3.50. The summed E-state index contributed by atoms with van der Waals surface area (Å²) in [5, 5.41) is 3.23. The molecule has 0 aromatic heterocycles. The molecule has 1 fully saturated rings. The molecule has 0 atom stereocenters. The number of nitrogens with zero attached hydrogens (tertiary/aromatic N) is 1. The van der Waals surface area contributed by atoms with Gasteiger partial charge in [-0.2, -0.15) is 0 Å². The Morgan fingerprint density at radius 3 is 2.94 bits per heavy atom. The summed E-state index contributed by atoms with van der Waals surface area (Å²) in [6.07, 6.45) is 5.58. The Bertz CT molecular complexity index is 396. The van der Waals surface area contributed by atoms with E-state index in [1.165, 1.54) is 50.0 Å². The average molecular weight is 230 g/mol. The van der Waals surface area contributed by atoms with Gasteiger partial charge in [-0.1, -0.05) is 18.6 Å². The van der Waals surface area contributed by atoms with Crippen LogP contribution in [0.1, 0.15) is 30.4 Å². The van der Waals surface area contributed by atoms with Crippen LogP contribution >= 0.6 is 0 Å². The molecule has 1 saturated carbocycles. The average Bonchev–Trinajstić information content (AvgIpc) is 2.67. The molecule has 1 aromatic carbocycles. The lowest BCUT2D eigenvalue weighted by atomic mass is 9.85. The highest BCUT2D eigenvalue weighted by Crippen LogP contribution is 2.34. The molecule has 0 amide bonds. The van der Waals surface area contributed by atoms with Crippen LogP contribution in [0, 0.1) is 5.92 Å². The van der Waals surface area contributed by atoms with Crippen molar-refractivity contribution in [1.29, 1.82) is 0 Å². The zero-order valence-electron chi connectivity index (χ0n) is 10.7. The number of hydrogen-bond donors (Lipinski definition) is 1. The number of nitrogens with one attached hydrogen (secondary N) is 1. The maximum atomic E-state index is 3.23. The fraction of sp³-hybridized carbons (Fsp3) is 0.600. The maximum Gasteiger partial charge on any atom is 0.0402 e. The van der Waals surface area contributed by atoms with Crippen molar-refractivity contribution >= 4 is 5.69 Å². The van der Waals surface area contributed by atoms with E-state index in [1.54, 1.807) is 5.56 Å². The first-order valence-corrected chi connectivity index (χ1v) is 6.88. The van der Waals surface area contributed by atoms with Gasteiger partial charge in [-0.15, -0.1) is 0 Å². The fourth-order valence-corrected chi connectivity index (χ4v) is 2.98. The van der Waals surface area contributed by atoms with Gasteiger partial charge >= 0.3 is 0 Å². The first-order chi connectivity index (χ1) is 8.36. The summed E-state index contributed by atoms with van der Waals surface area (Å²) in [4.78, 5) is 2.61. The Kier molecular flexibility index (Phi) is 3.06. The second kappa shape index (κ2) is 4.69. The highest BCUT2D eigenvalue weighted by atomic mass is 15.1. The molecule has 2 heteroatoms. The summed E-state index contributed by atoms with van der Waals surface area (Å²) in [5.74, 6) is 0.967. The van der Waals surface area contributed by atoms with Crippen LogP contribution in [0.2, 0.25) is 0 Å². The van der Waals surface area contributed by atoms with Crippen molar-refractivity contribution in [2.45, 2.75) is 32.2 Å². The molecule has 0 spiro atoms. The standard InChI is InChI=1S/C15H22N2/c1-16-10-13-5-6-14-7-8-17(15(14)9-13)11-12-3-2-4-12/h5-6,9,12,16H,2-4,7-8,10-11H2,1H3. The molecular formula is C15H22N2. The van der Waals surface area contributed by atoms with Gasteiger partial charge in [0.2, 0.25) is 0 Å². The van der Waals surface area contributed by atoms with Gasteiger partial charge in [0.15, 0.2) is 0 Å². The Morgan fingerprint density at radius 1 is 1.35 bits per heavy atom. The fourth-order valence-electron chi connectivity index (χ4n) is 2.98. The number of anilines is 1. The Hall–Kier alpha value is -1.02. The van der Waals surface area contributed by atoms with E-state index in [0.717, 1.165) is 12.5 Å². The van der Waals surface area contributed by atoms with E-state index in [9.17, 15) is 0 Å². The van der Waals surface area contributed by atoms with Crippen molar-refractivity contribution < 1.29 is 0 Å². The molecule has 1 N–H and O–H groups in total. The van der Waals surface area contributed by atoms with Crippen LogP contribution in [0.4, 0.5) is 5.69 Å². The van der Waals surface area contributed by atoms with Crippen molar-refractivity contribution in [3.05, 3.63) is 29.3 Å². The topological polar surface area (TPSA) is 15.3 Å². The SMILES string of the molecule is CNCc1ccc2c(c1)N(CC1CCC1)CC2. The van der Waals surface area contributed by atoms with Crippen molar-refractivity contribution in [3.63, 3.8) is 0 Å². The molecule has 1 aromatic rings. The van der Waals surface area contributed by atoms with Crippen LogP contribution in [0.25, 0.3) is 0 Å². The van der Waals surface area contributed by atoms with Crippen molar-refractivity contribution in [3.8, 4) is 0 Å². The van der Waals surface area contributed by atoms with Gasteiger partial charge in [0, 0.05) is 25.3 Å². The molecular weight excluding hydrogens is 208 g/mol. The van der Waals surface area contributed by atoms with Crippen molar-refractivity contribution in [2.24, 2.45) is 5.92 Å². The minimum atomic E-state index is 0.967. The van der Waals surface area contributed by atoms with E-state index >= 15 is 0 Å². The molecule has 3 rings (SSSR count). The molecule has 92 valence electrons. The smallest absolute Gasteiger partial charge is 0.0402 e. The first-order valence-electron chi connectivity index (χ1n) is 6.88. The van der Waals surface area contributed by atoms with Gasteiger partial charge in [0.25, 0.3) is 0 Å². The number of fused-ring (bicyclic) bond motifs is 1. The third kappa shape index (κ3) is 2.19. The molecule has 1 heterocycles. The molecule has 1 aliphatic carbocycles. The first kappa shape index (κ1) is 11.1. The largest absolute Gasteiger partial charge is 0.371 e. The Labute approximate surface area is 104 Å². The normalized spacial score (nSPS) is 19.2. The summed E-state index contributed by atoms with van der Waals surface area (Å²) < 4.78 is 0. The van der Waals surface area contributed by atoms with E-state index in [-0.39, 0.29) is 0 Å². The highest BCUT2D eigenvalue weighted by molar-refractivity contribution is 5.59. The predicted molar refractivity (Wildman–Crippen MR) is 72.5 cm³/mol. The lowest BCUT2D eigenvalue weighted by Crippen LogP contribution is -2.31. The Morgan fingerprint density at radius 2 is 2.24 bits per heavy atom. The lowest BCUT2D eigenvalue weighted by molar-refractivity contribution is 0.319. The number of benzene rings is 1. The zero-order chi connectivity index (χ0) is 11.7. The second-order valence-electron chi connectivity index (χ2n) is 5.49. The maximum absolute atomic E-state index is 3.23. The number of hydrogen-bond acceptors (Lipinski definition) is 2. The van der Waals surface area contributed by atoms with Gasteiger partial charge in [-0.05, 0) is 49.4 Å². The third-order valence-electron chi connectivity index (χ3n) is 4.23. The van der Waals surface area contributed by atoms with Crippen molar-refractivity contribution in [1.82, 2.24) is 5.32 Å². The van der Waals surface area contributed by atoms with E-state index in [4.69, 9.17) is 0 Å². The minimum Gasteiger partial charge on any atom is -0.371 e. The van der Waals surface area contributed by atoms with Crippen LogP contribution in [-0.4, -0.2) is 20.1 Å². The van der Waals surface area contributed by atoms with Crippen LogP contribution in [-0.2, 0) is 13.0 Å². The Balaban J connectivity index is 1.76. The summed E-state index contributed by atoms with van der Waals surface area (Å²) >= 11 is 0. The lowest BCUT2D eigenvalue weighted by Gasteiger charge is -2.31. The molecule has 2 aliphatic rings. The van der Waals surface area contributed by atoms with Gasteiger partial charge in [0.05, 0.1) is 0 Å². The van der Waals surface area contributed by atoms with Crippen LogP contribution < -0.4 is 10.2 Å². The van der Waals surface area contributed by atoms with Gasteiger partial charge < -0.3 is 10.2 Å². The summed E-state index contributed by atoms with van der Waals surface area (Å²) in [6, 6.07) is 6.97. The molecule has 0 saturated heterocycles. The van der Waals surface area contributed by atoms with Gasteiger partial charge in [-0.3, -0.25) is 0 Å². The summed E-state index contributed by atoms with van der Waals surface area (Å²) in [7, 11) is 2.01. The third-order valence-corrected chi connectivity index (χ3v) is 4.23. The molecule has 0 unspecified atom stereocenters. The van der Waals surface area contributed by atoms with E-state index in [1.807, 2.05) is 7.05 Å². The molecule has 0 radical (unpaired) electrons. The molecule has 0 bridgehead atoms. The molecule has 1 aliphatic heterocycles. The quantitative estimate of drug-likeness (QED) is 0.855. The monoisotopic (exact) mass is 230 g/mol. The van der Waals surface area contributed by atoms with E-state index in [0.29, 0.717) is 0 Å². The number of rotatable bonds is 4. The van der Waals surface area contributed by atoms with Crippen LogP contribution in [0.5, 0.6) is 0 Å². The minimum absolute atomic E-state index is 0.967. The van der Waals surface area contributed by atoms with Gasteiger partial charge in [-0.25, -0.2) is 0 Å². The van der Waals surface area contributed by atoms with Gasteiger partial charge in [0.1, 0.15) is 0 Å². The molecule has 17 heavy (non-hydrogen) atoms. The zero-order valence-corrected chi connectivity index (χ0v) is 10.7.